The summed E-state index contributed by atoms with van der Waals surface area (Å²) in [7, 11) is 0. The van der Waals surface area contributed by atoms with Gasteiger partial charge in [-0.1, -0.05) is 18.2 Å². The van der Waals surface area contributed by atoms with E-state index in [1.165, 1.54) is 30.3 Å². The lowest BCUT2D eigenvalue weighted by molar-refractivity contribution is -0.132. The summed E-state index contributed by atoms with van der Waals surface area (Å²) in [4.78, 5) is 27.0. The van der Waals surface area contributed by atoms with E-state index in [9.17, 15) is 18.4 Å². The highest BCUT2D eigenvalue weighted by Crippen LogP contribution is 2.30. The molecule has 1 N–H and O–H groups in total. The van der Waals surface area contributed by atoms with Gasteiger partial charge in [-0.3, -0.25) is 9.59 Å². The molecule has 27 heavy (non-hydrogen) atoms. The van der Waals surface area contributed by atoms with E-state index >= 15 is 0 Å². The Kier molecular flexibility index (Phi) is 5.54. The molecule has 2 aromatic carbocycles. The lowest BCUT2D eigenvalue weighted by Gasteiger charge is -2.39. The van der Waals surface area contributed by atoms with Crippen molar-refractivity contribution in [2.24, 2.45) is 5.41 Å². The molecule has 3 rings (SSSR count). The molecule has 0 saturated carbocycles. The molecule has 4 nitrogen and oxygen atoms in total. The predicted molar refractivity (Wildman–Crippen MR) is 97.9 cm³/mol. The van der Waals surface area contributed by atoms with Crippen LogP contribution in [0.5, 0.6) is 0 Å². The number of piperidine rings is 1. The maximum absolute atomic E-state index is 13.4. The summed E-state index contributed by atoms with van der Waals surface area (Å²) >= 11 is 0. The molecule has 1 heterocycles. The van der Waals surface area contributed by atoms with Crippen LogP contribution < -0.4 is 5.32 Å². The minimum Gasteiger partial charge on any atom is -0.351 e. The topological polar surface area (TPSA) is 49.4 Å². The van der Waals surface area contributed by atoms with Crippen LogP contribution >= 0.6 is 0 Å². The number of carbonyl (C=O) groups is 2. The first-order valence-corrected chi connectivity index (χ1v) is 8.95. The maximum Gasteiger partial charge on any atom is 0.253 e. The van der Waals surface area contributed by atoms with Crippen molar-refractivity contribution in [2.75, 3.05) is 13.1 Å². The van der Waals surface area contributed by atoms with Crippen molar-refractivity contribution in [3.05, 3.63) is 71.3 Å². The van der Waals surface area contributed by atoms with Crippen molar-refractivity contribution in [3.63, 3.8) is 0 Å². The highest BCUT2D eigenvalue weighted by atomic mass is 19.1. The third kappa shape index (κ3) is 4.51. The molecular weight excluding hydrogens is 350 g/mol. The molecule has 1 unspecified atom stereocenters. The summed E-state index contributed by atoms with van der Waals surface area (Å²) in [5.74, 6) is -1.27. The zero-order valence-electron chi connectivity index (χ0n) is 15.2. The number of rotatable bonds is 4. The van der Waals surface area contributed by atoms with Gasteiger partial charge in [0.05, 0.1) is 5.41 Å². The van der Waals surface area contributed by atoms with Crippen LogP contribution in [0.2, 0.25) is 0 Å². The molecule has 1 atom stereocenters. The summed E-state index contributed by atoms with van der Waals surface area (Å²) in [6.45, 7) is 2.84. The summed E-state index contributed by atoms with van der Waals surface area (Å²) in [5.41, 5.74) is 0.212. The third-order valence-electron chi connectivity index (χ3n) is 4.95. The normalized spacial score (nSPS) is 19.6. The SMILES string of the molecule is CC1(C(=O)NCc2cccc(F)c2)CCCN(C(=O)c2cccc(F)c2)C1. The number of hydrogen-bond acceptors (Lipinski definition) is 2. The quantitative estimate of drug-likeness (QED) is 0.893. The lowest BCUT2D eigenvalue weighted by Crippen LogP contribution is -2.51. The van der Waals surface area contributed by atoms with Crippen molar-refractivity contribution in [2.45, 2.75) is 26.3 Å². The Morgan fingerprint density at radius 2 is 1.81 bits per heavy atom. The van der Waals surface area contributed by atoms with Crippen LogP contribution in [0.3, 0.4) is 0 Å². The van der Waals surface area contributed by atoms with Gasteiger partial charge in [0.15, 0.2) is 0 Å². The second-order valence-electron chi connectivity index (χ2n) is 7.21. The average molecular weight is 372 g/mol. The van der Waals surface area contributed by atoms with Crippen LogP contribution in [0.4, 0.5) is 8.78 Å². The van der Waals surface area contributed by atoms with Gasteiger partial charge in [0.25, 0.3) is 5.91 Å². The Morgan fingerprint density at radius 1 is 1.11 bits per heavy atom. The maximum atomic E-state index is 13.4. The monoisotopic (exact) mass is 372 g/mol. The van der Waals surface area contributed by atoms with E-state index in [2.05, 4.69) is 5.32 Å². The van der Waals surface area contributed by atoms with Crippen LogP contribution in [0.25, 0.3) is 0 Å². The molecule has 1 aliphatic heterocycles. The van der Waals surface area contributed by atoms with Gasteiger partial charge >= 0.3 is 0 Å². The van der Waals surface area contributed by atoms with Crippen molar-refractivity contribution in [3.8, 4) is 0 Å². The fraction of sp³-hybridized carbons (Fsp3) is 0.333. The van der Waals surface area contributed by atoms with Crippen LogP contribution in [0.15, 0.2) is 48.5 Å². The van der Waals surface area contributed by atoms with Crippen LogP contribution in [-0.4, -0.2) is 29.8 Å². The van der Waals surface area contributed by atoms with Gasteiger partial charge < -0.3 is 10.2 Å². The summed E-state index contributed by atoms with van der Waals surface area (Å²) in [5, 5.41) is 2.84. The largest absolute Gasteiger partial charge is 0.351 e. The second-order valence-corrected chi connectivity index (χ2v) is 7.21. The van der Waals surface area contributed by atoms with E-state index < -0.39 is 11.2 Å². The molecule has 0 bridgehead atoms. The minimum absolute atomic E-state index is 0.177. The summed E-state index contributed by atoms with van der Waals surface area (Å²) in [6.07, 6.45) is 1.33. The standard InChI is InChI=1S/C21H22F2N2O2/c1-21(20(27)24-13-15-5-2-7-17(22)11-15)9-4-10-25(14-21)19(26)16-6-3-8-18(23)12-16/h2-3,5-8,11-12H,4,9-10,13-14H2,1H3,(H,24,27). The predicted octanol–water partition coefficient (Wildman–Crippen LogP) is 3.52. The first-order chi connectivity index (χ1) is 12.9. The zero-order valence-corrected chi connectivity index (χ0v) is 15.2. The minimum atomic E-state index is -0.742. The number of amides is 2. The lowest BCUT2D eigenvalue weighted by atomic mass is 9.80. The number of nitrogens with zero attached hydrogens (tertiary/aromatic N) is 1. The molecule has 0 radical (unpaired) electrons. The van der Waals surface area contributed by atoms with E-state index in [1.54, 1.807) is 23.1 Å². The van der Waals surface area contributed by atoms with Gasteiger partial charge in [0.2, 0.25) is 5.91 Å². The van der Waals surface area contributed by atoms with Crippen molar-refractivity contribution in [1.82, 2.24) is 10.2 Å². The van der Waals surface area contributed by atoms with E-state index in [4.69, 9.17) is 0 Å². The second kappa shape index (κ2) is 7.86. The van der Waals surface area contributed by atoms with Crippen LogP contribution in [-0.2, 0) is 11.3 Å². The number of hydrogen-bond donors (Lipinski definition) is 1. The van der Waals surface area contributed by atoms with Gasteiger partial charge in [-0.05, 0) is 55.7 Å². The van der Waals surface area contributed by atoms with Crippen LogP contribution in [0.1, 0.15) is 35.7 Å². The van der Waals surface area contributed by atoms with Gasteiger partial charge in [0.1, 0.15) is 11.6 Å². The Hall–Kier alpha value is -2.76. The highest BCUT2D eigenvalue weighted by molar-refractivity contribution is 5.95. The molecule has 142 valence electrons. The molecule has 1 fully saturated rings. The van der Waals surface area contributed by atoms with E-state index in [-0.39, 0.29) is 36.3 Å². The molecule has 1 saturated heterocycles. The summed E-state index contributed by atoms with van der Waals surface area (Å²) < 4.78 is 26.7. The van der Waals surface area contributed by atoms with Crippen molar-refractivity contribution >= 4 is 11.8 Å². The average Bonchev–Trinajstić information content (AvgIpc) is 2.65. The molecule has 0 spiro atoms. The third-order valence-corrected chi connectivity index (χ3v) is 4.95. The van der Waals surface area contributed by atoms with Gasteiger partial charge in [-0.2, -0.15) is 0 Å². The Labute approximate surface area is 157 Å². The fourth-order valence-electron chi connectivity index (χ4n) is 3.44. The molecule has 2 amide bonds. The number of benzene rings is 2. The number of carbonyl (C=O) groups excluding carboxylic acids is 2. The fourth-order valence-corrected chi connectivity index (χ4v) is 3.44. The number of nitrogens with one attached hydrogen (secondary N) is 1. The van der Waals surface area contributed by atoms with E-state index in [1.807, 2.05) is 6.92 Å². The van der Waals surface area contributed by atoms with Gasteiger partial charge in [-0.25, -0.2) is 8.78 Å². The smallest absolute Gasteiger partial charge is 0.253 e. The Balaban J connectivity index is 1.66. The number of halogens is 2. The Bertz CT molecular complexity index is 856. The van der Waals surface area contributed by atoms with E-state index in [0.29, 0.717) is 24.9 Å². The first-order valence-electron chi connectivity index (χ1n) is 8.95. The van der Waals surface area contributed by atoms with Gasteiger partial charge in [0, 0.05) is 25.2 Å². The number of likely N-dealkylation sites (tertiary alicyclic amines) is 1. The zero-order chi connectivity index (χ0) is 19.4. The van der Waals surface area contributed by atoms with Crippen molar-refractivity contribution < 1.29 is 18.4 Å². The molecule has 1 aliphatic rings. The van der Waals surface area contributed by atoms with E-state index in [0.717, 1.165) is 0 Å². The highest BCUT2D eigenvalue weighted by Gasteiger charge is 2.39. The van der Waals surface area contributed by atoms with Gasteiger partial charge in [-0.15, -0.1) is 0 Å². The molecule has 6 heteroatoms. The van der Waals surface area contributed by atoms with Crippen molar-refractivity contribution in [1.29, 1.82) is 0 Å². The molecule has 0 aromatic heterocycles. The van der Waals surface area contributed by atoms with Crippen LogP contribution in [0, 0.1) is 17.0 Å². The first kappa shape index (κ1) is 19.0. The Morgan fingerprint density at radius 3 is 2.52 bits per heavy atom. The molecular formula is C21H22F2N2O2. The summed E-state index contributed by atoms with van der Waals surface area (Å²) in [6, 6.07) is 11.6. The molecule has 2 aromatic rings. The molecule has 0 aliphatic carbocycles.